The molecule has 2 heterocycles. The zero-order valence-electron chi connectivity index (χ0n) is 16.8. The van der Waals surface area contributed by atoms with Crippen molar-refractivity contribution in [3.8, 4) is 11.6 Å². The van der Waals surface area contributed by atoms with Gasteiger partial charge in [0.2, 0.25) is 5.88 Å². The lowest BCUT2D eigenvalue weighted by atomic mass is 10.1. The fourth-order valence-electron chi connectivity index (χ4n) is 3.28. The maximum atomic E-state index is 13.0. The summed E-state index contributed by atoms with van der Waals surface area (Å²) in [7, 11) is 0. The van der Waals surface area contributed by atoms with Crippen molar-refractivity contribution in [1.29, 1.82) is 0 Å². The Bertz CT molecular complexity index is 1300. The number of ether oxygens (including phenoxy) is 1. The summed E-state index contributed by atoms with van der Waals surface area (Å²) in [5, 5.41) is 3.18. The van der Waals surface area contributed by atoms with E-state index in [-0.39, 0.29) is 17.4 Å². The first-order valence-corrected chi connectivity index (χ1v) is 9.61. The van der Waals surface area contributed by atoms with E-state index in [1.807, 2.05) is 11.5 Å². The molecule has 0 radical (unpaired) electrons. The molecule has 0 spiro atoms. The van der Waals surface area contributed by atoms with Crippen molar-refractivity contribution < 1.29 is 22.7 Å². The lowest BCUT2D eigenvalue weighted by Crippen LogP contribution is -2.13. The molecule has 0 aliphatic heterocycles. The van der Waals surface area contributed by atoms with E-state index in [1.54, 1.807) is 24.4 Å². The number of benzene rings is 2. The number of aryl methyl sites for hydroxylation is 1. The van der Waals surface area contributed by atoms with E-state index >= 15 is 0 Å². The van der Waals surface area contributed by atoms with Gasteiger partial charge in [0.05, 0.1) is 16.6 Å². The number of halogens is 3. The molecule has 0 aliphatic rings. The molecule has 4 rings (SSSR count). The number of hydrogen-bond donors (Lipinski definition) is 2. The predicted molar refractivity (Wildman–Crippen MR) is 114 cm³/mol. The number of nitrogens with two attached hydrogens (primary N) is 1. The van der Waals surface area contributed by atoms with Gasteiger partial charge in [0, 0.05) is 35.9 Å². The Kier molecular flexibility index (Phi) is 5.43. The minimum atomic E-state index is -4.50. The molecular weight excluding hydrogens is 423 g/mol. The van der Waals surface area contributed by atoms with E-state index in [0.717, 1.165) is 17.6 Å². The van der Waals surface area contributed by atoms with Gasteiger partial charge in [-0.05, 0) is 37.3 Å². The minimum Gasteiger partial charge on any atom is -0.439 e. The smallest absolute Gasteiger partial charge is 0.416 e. The molecule has 0 saturated heterocycles. The number of aromatic nitrogens is 3. The van der Waals surface area contributed by atoms with Gasteiger partial charge in [-0.1, -0.05) is 6.07 Å². The van der Waals surface area contributed by atoms with Crippen LogP contribution in [0.4, 0.5) is 24.7 Å². The highest BCUT2D eigenvalue weighted by Crippen LogP contribution is 2.32. The van der Waals surface area contributed by atoms with Crippen LogP contribution in [0.15, 0.2) is 61.1 Å². The van der Waals surface area contributed by atoms with Gasteiger partial charge in [-0.2, -0.15) is 13.2 Å². The highest BCUT2D eigenvalue weighted by atomic mass is 19.4. The van der Waals surface area contributed by atoms with Crippen molar-refractivity contribution in [2.24, 2.45) is 0 Å². The summed E-state index contributed by atoms with van der Waals surface area (Å²) in [5.74, 6) is 0.502. The maximum absolute atomic E-state index is 13.0. The van der Waals surface area contributed by atoms with E-state index in [0.29, 0.717) is 23.2 Å². The van der Waals surface area contributed by atoms with Crippen molar-refractivity contribution in [2.45, 2.75) is 19.6 Å². The highest BCUT2D eigenvalue weighted by Gasteiger charge is 2.30. The SMILES string of the molecule is CCn1cc(C(=O)Nc2cccc(C(F)(F)F)c2)c2ccc(Oc3cc(N)ncn3)cc21. The molecule has 32 heavy (non-hydrogen) atoms. The van der Waals surface area contributed by atoms with Crippen LogP contribution in [0.5, 0.6) is 11.6 Å². The molecule has 0 saturated carbocycles. The molecule has 2 aromatic carbocycles. The van der Waals surface area contributed by atoms with E-state index in [2.05, 4.69) is 15.3 Å². The van der Waals surface area contributed by atoms with Gasteiger partial charge >= 0.3 is 6.18 Å². The number of alkyl halides is 3. The summed E-state index contributed by atoms with van der Waals surface area (Å²) < 4.78 is 46.4. The van der Waals surface area contributed by atoms with Crippen LogP contribution in [0.2, 0.25) is 0 Å². The molecular formula is C22H18F3N5O2. The van der Waals surface area contributed by atoms with Gasteiger partial charge in [-0.15, -0.1) is 0 Å². The van der Waals surface area contributed by atoms with E-state index in [1.165, 1.54) is 24.5 Å². The van der Waals surface area contributed by atoms with Gasteiger partial charge in [0.1, 0.15) is 17.9 Å². The molecule has 2 aromatic heterocycles. The lowest BCUT2D eigenvalue weighted by molar-refractivity contribution is -0.137. The molecule has 1 amide bonds. The Labute approximate surface area is 180 Å². The fraction of sp³-hybridized carbons (Fsp3) is 0.136. The zero-order chi connectivity index (χ0) is 22.9. The number of nitrogens with zero attached hydrogens (tertiary/aromatic N) is 3. The van der Waals surface area contributed by atoms with Crippen LogP contribution in [0.3, 0.4) is 0 Å². The van der Waals surface area contributed by atoms with Gasteiger partial charge < -0.3 is 20.4 Å². The Morgan fingerprint density at radius 1 is 1.16 bits per heavy atom. The van der Waals surface area contributed by atoms with Crippen LogP contribution in [0.25, 0.3) is 10.9 Å². The molecule has 0 atom stereocenters. The summed E-state index contributed by atoms with van der Waals surface area (Å²) >= 11 is 0. The quantitative estimate of drug-likeness (QED) is 0.450. The zero-order valence-corrected chi connectivity index (χ0v) is 16.8. The Hall–Kier alpha value is -4.08. The molecule has 3 N–H and O–H groups in total. The van der Waals surface area contributed by atoms with Gasteiger partial charge in [-0.25, -0.2) is 9.97 Å². The van der Waals surface area contributed by atoms with Crippen LogP contribution in [-0.4, -0.2) is 20.4 Å². The van der Waals surface area contributed by atoms with Gasteiger partial charge in [0.25, 0.3) is 5.91 Å². The second kappa shape index (κ2) is 8.22. The standard InChI is InChI=1S/C22H18F3N5O2/c1-2-30-11-17(21(31)29-14-5-3-4-13(8-14)22(23,24)25)16-7-6-15(9-18(16)30)32-20-10-19(26)27-12-28-20/h3-12H,2H2,1H3,(H,29,31)(H2,26,27,28). The van der Waals surface area contributed by atoms with E-state index in [4.69, 9.17) is 10.5 Å². The lowest BCUT2D eigenvalue weighted by Gasteiger charge is -2.09. The number of carbonyl (C=O) groups is 1. The van der Waals surface area contributed by atoms with Crippen molar-refractivity contribution in [3.63, 3.8) is 0 Å². The Balaban J connectivity index is 1.64. The Morgan fingerprint density at radius 3 is 2.69 bits per heavy atom. The third-order valence-electron chi connectivity index (χ3n) is 4.77. The molecule has 4 aromatic rings. The minimum absolute atomic E-state index is 0.0588. The summed E-state index contributed by atoms with van der Waals surface area (Å²) in [5.41, 5.74) is 5.92. The normalized spacial score (nSPS) is 11.5. The number of nitrogen functional groups attached to an aromatic ring is 1. The predicted octanol–water partition coefficient (Wildman–Crippen LogP) is 5.10. The molecule has 0 fully saturated rings. The molecule has 164 valence electrons. The van der Waals surface area contributed by atoms with Gasteiger partial charge in [-0.3, -0.25) is 4.79 Å². The molecule has 10 heteroatoms. The van der Waals surface area contributed by atoms with Crippen LogP contribution in [0.1, 0.15) is 22.8 Å². The summed E-state index contributed by atoms with van der Waals surface area (Å²) in [4.78, 5) is 20.7. The van der Waals surface area contributed by atoms with Crippen LogP contribution in [0, 0.1) is 0 Å². The number of amides is 1. The van der Waals surface area contributed by atoms with Crippen LogP contribution >= 0.6 is 0 Å². The average molecular weight is 441 g/mol. The summed E-state index contributed by atoms with van der Waals surface area (Å²) in [6, 6.07) is 11.1. The first-order chi connectivity index (χ1) is 15.2. The third kappa shape index (κ3) is 4.34. The third-order valence-corrected chi connectivity index (χ3v) is 4.77. The first kappa shape index (κ1) is 21.2. The van der Waals surface area contributed by atoms with Crippen molar-refractivity contribution >= 4 is 28.3 Å². The van der Waals surface area contributed by atoms with E-state index < -0.39 is 17.6 Å². The van der Waals surface area contributed by atoms with Gasteiger partial charge in [0.15, 0.2) is 0 Å². The number of carbonyl (C=O) groups excluding carboxylic acids is 1. The fourth-order valence-corrected chi connectivity index (χ4v) is 3.28. The molecule has 0 unspecified atom stereocenters. The number of fused-ring (bicyclic) bond motifs is 1. The van der Waals surface area contributed by atoms with E-state index in [9.17, 15) is 18.0 Å². The number of rotatable bonds is 5. The first-order valence-electron chi connectivity index (χ1n) is 9.61. The Morgan fingerprint density at radius 2 is 1.97 bits per heavy atom. The topological polar surface area (TPSA) is 95.1 Å². The summed E-state index contributed by atoms with van der Waals surface area (Å²) in [6.07, 6.45) is -1.56. The van der Waals surface area contributed by atoms with Crippen molar-refractivity contribution in [2.75, 3.05) is 11.1 Å². The summed E-state index contributed by atoms with van der Waals surface area (Å²) in [6.45, 7) is 2.48. The second-order valence-electron chi connectivity index (χ2n) is 6.92. The number of anilines is 2. The van der Waals surface area contributed by atoms with Crippen LogP contribution in [-0.2, 0) is 12.7 Å². The monoisotopic (exact) mass is 441 g/mol. The number of hydrogen-bond acceptors (Lipinski definition) is 5. The largest absolute Gasteiger partial charge is 0.439 e. The molecule has 7 nitrogen and oxygen atoms in total. The van der Waals surface area contributed by atoms with Crippen molar-refractivity contribution in [3.05, 3.63) is 72.2 Å². The second-order valence-corrected chi connectivity index (χ2v) is 6.92. The maximum Gasteiger partial charge on any atom is 0.416 e. The van der Waals surface area contributed by atoms with Crippen LogP contribution < -0.4 is 15.8 Å². The average Bonchev–Trinajstić information content (AvgIpc) is 3.11. The molecule has 0 bridgehead atoms. The highest BCUT2D eigenvalue weighted by molar-refractivity contribution is 6.13. The van der Waals surface area contributed by atoms with Crippen molar-refractivity contribution in [1.82, 2.24) is 14.5 Å². The number of nitrogens with one attached hydrogen (secondary N) is 1. The molecule has 0 aliphatic carbocycles.